The number of carboxylic acid groups (broad SMARTS) is 1. The molecule has 5 nitrogen and oxygen atoms in total. The highest BCUT2D eigenvalue weighted by atomic mass is 19.4. The van der Waals surface area contributed by atoms with Gasteiger partial charge in [0, 0.05) is 6.07 Å². The van der Waals surface area contributed by atoms with Gasteiger partial charge in [-0.1, -0.05) is 12.1 Å². The average molecular weight is 313 g/mol. The summed E-state index contributed by atoms with van der Waals surface area (Å²) in [6.07, 6.45) is -3.43. The summed E-state index contributed by atoms with van der Waals surface area (Å²) in [6.45, 7) is -0.179. The third-order valence-electron chi connectivity index (χ3n) is 2.78. The first-order valence-corrected chi connectivity index (χ1v) is 6.03. The molecule has 0 amide bonds. The third-order valence-corrected chi connectivity index (χ3v) is 2.78. The molecule has 1 aromatic heterocycles. The Morgan fingerprint density at radius 3 is 2.32 bits per heavy atom. The van der Waals surface area contributed by atoms with E-state index in [1.165, 1.54) is 12.1 Å². The Labute approximate surface area is 122 Å². The Morgan fingerprint density at radius 1 is 1.14 bits per heavy atom. The van der Waals surface area contributed by atoms with Gasteiger partial charge in [-0.2, -0.15) is 17.9 Å². The molecule has 0 fully saturated rings. The van der Waals surface area contributed by atoms with E-state index in [2.05, 4.69) is 0 Å². The van der Waals surface area contributed by atoms with Crippen LogP contribution in [-0.2, 0) is 12.8 Å². The smallest absolute Gasteiger partial charge is 0.416 e. The van der Waals surface area contributed by atoms with Crippen LogP contribution >= 0.6 is 0 Å². The molecule has 0 unspecified atom stereocenters. The fraction of sp³-hybridized carbons (Fsp3) is 0.143. The number of nitrogens with zero attached hydrogens (tertiary/aromatic N) is 1. The molecule has 116 valence electrons. The molecule has 8 heteroatoms. The average Bonchev–Trinajstić information content (AvgIpc) is 2.45. The minimum atomic E-state index is -4.42. The number of alkyl halides is 3. The minimum Gasteiger partial charge on any atom is -0.478 e. The number of pyridine rings is 1. The van der Waals surface area contributed by atoms with Crippen molar-refractivity contribution in [1.29, 1.82) is 0 Å². The van der Waals surface area contributed by atoms with E-state index in [9.17, 15) is 22.8 Å². The summed E-state index contributed by atoms with van der Waals surface area (Å²) in [4.78, 5) is 27.4. The molecule has 0 spiro atoms. The number of carbonyl (C=O) groups is 1. The molecular formula is C14H10F3NO4. The zero-order valence-corrected chi connectivity index (χ0v) is 11.0. The minimum absolute atomic E-state index is 0.146. The lowest BCUT2D eigenvalue weighted by Gasteiger charge is -2.10. The van der Waals surface area contributed by atoms with Gasteiger partial charge in [0.15, 0.2) is 0 Å². The van der Waals surface area contributed by atoms with Crippen LogP contribution < -0.4 is 10.4 Å². The van der Waals surface area contributed by atoms with Crippen molar-refractivity contribution in [3.05, 3.63) is 69.6 Å². The van der Waals surface area contributed by atoms with E-state index in [0.717, 1.165) is 35.2 Å². The number of aromatic carboxylic acids is 1. The largest absolute Gasteiger partial charge is 0.478 e. The van der Waals surface area contributed by atoms with Crippen molar-refractivity contribution in [3.8, 4) is 0 Å². The van der Waals surface area contributed by atoms with Gasteiger partial charge in [-0.3, -0.25) is 4.79 Å². The van der Waals surface area contributed by atoms with Crippen molar-refractivity contribution in [2.45, 2.75) is 12.8 Å². The number of hydrogen-bond acceptors (Lipinski definition) is 3. The van der Waals surface area contributed by atoms with Gasteiger partial charge in [-0.25, -0.2) is 4.79 Å². The SMILES string of the molecule is O=C(O)c1ccc(=O)n(OCc2ccc(C(F)(F)F)cc2)c1. The highest BCUT2D eigenvalue weighted by molar-refractivity contribution is 5.87. The highest BCUT2D eigenvalue weighted by Gasteiger charge is 2.29. The number of carboxylic acids is 1. The zero-order chi connectivity index (χ0) is 16.3. The van der Waals surface area contributed by atoms with Crippen LogP contribution in [0.3, 0.4) is 0 Å². The molecular weight excluding hydrogens is 303 g/mol. The van der Waals surface area contributed by atoms with Crippen molar-refractivity contribution < 1.29 is 27.9 Å². The Bertz CT molecular complexity index is 735. The first kappa shape index (κ1) is 15.6. The maximum atomic E-state index is 12.4. The molecule has 0 atom stereocenters. The first-order valence-electron chi connectivity index (χ1n) is 6.03. The number of benzene rings is 1. The van der Waals surface area contributed by atoms with Gasteiger partial charge >= 0.3 is 12.1 Å². The number of hydrogen-bond donors (Lipinski definition) is 1. The van der Waals surface area contributed by atoms with Gasteiger partial charge in [-0.15, -0.1) is 0 Å². The van der Waals surface area contributed by atoms with Gasteiger partial charge in [0.2, 0.25) is 0 Å². The van der Waals surface area contributed by atoms with Crippen LogP contribution in [0.5, 0.6) is 0 Å². The number of aromatic nitrogens is 1. The normalized spacial score (nSPS) is 11.2. The second-order valence-corrected chi connectivity index (χ2v) is 4.36. The molecule has 1 aromatic carbocycles. The van der Waals surface area contributed by atoms with Crippen molar-refractivity contribution in [3.63, 3.8) is 0 Å². The quantitative estimate of drug-likeness (QED) is 0.939. The maximum Gasteiger partial charge on any atom is 0.416 e. The molecule has 1 heterocycles. The molecule has 0 radical (unpaired) electrons. The van der Waals surface area contributed by atoms with Crippen LogP contribution in [0.25, 0.3) is 0 Å². The fourth-order valence-electron chi connectivity index (χ4n) is 1.63. The van der Waals surface area contributed by atoms with Crippen molar-refractivity contribution in [2.75, 3.05) is 0 Å². The van der Waals surface area contributed by atoms with Crippen LogP contribution in [0.2, 0.25) is 0 Å². The van der Waals surface area contributed by atoms with Crippen LogP contribution in [0, 0.1) is 0 Å². The third kappa shape index (κ3) is 3.66. The molecule has 0 bridgehead atoms. The van der Waals surface area contributed by atoms with Gasteiger partial charge < -0.3 is 9.94 Å². The lowest BCUT2D eigenvalue weighted by atomic mass is 10.1. The van der Waals surface area contributed by atoms with Crippen LogP contribution in [0.15, 0.2) is 47.4 Å². The lowest BCUT2D eigenvalue weighted by molar-refractivity contribution is -0.137. The van der Waals surface area contributed by atoms with Gasteiger partial charge in [0.1, 0.15) is 6.61 Å². The van der Waals surface area contributed by atoms with E-state index >= 15 is 0 Å². The van der Waals surface area contributed by atoms with Gasteiger partial charge in [0.05, 0.1) is 17.3 Å². The second-order valence-electron chi connectivity index (χ2n) is 4.36. The summed E-state index contributed by atoms with van der Waals surface area (Å²) in [7, 11) is 0. The Balaban J connectivity index is 2.12. The molecule has 0 saturated carbocycles. The Kier molecular flexibility index (Phi) is 4.20. The Hall–Kier alpha value is -2.77. The summed E-state index contributed by atoms with van der Waals surface area (Å²) in [6, 6.07) is 6.38. The molecule has 1 N–H and O–H groups in total. The molecule has 0 aliphatic rings. The zero-order valence-electron chi connectivity index (χ0n) is 11.0. The standard InChI is InChI=1S/C14H10F3NO4/c15-14(16,17)11-4-1-9(2-5-11)8-22-18-7-10(13(20)21)3-6-12(18)19/h1-7H,8H2,(H,20,21). The van der Waals surface area contributed by atoms with E-state index < -0.39 is 23.3 Å². The van der Waals surface area contributed by atoms with Crippen molar-refractivity contribution >= 4 is 5.97 Å². The molecule has 0 aliphatic carbocycles. The molecule has 2 aromatic rings. The van der Waals surface area contributed by atoms with Gasteiger partial charge in [0.25, 0.3) is 5.56 Å². The molecule has 0 aliphatic heterocycles. The second kappa shape index (κ2) is 5.92. The topological polar surface area (TPSA) is 68.5 Å². The van der Waals surface area contributed by atoms with E-state index in [0.29, 0.717) is 5.56 Å². The number of rotatable bonds is 4. The predicted octanol–water partition coefficient (Wildman–Crippen LogP) is 2.19. The predicted molar refractivity (Wildman–Crippen MR) is 69.4 cm³/mol. The van der Waals surface area contributed by atoms with E-state index in [4.69, 9.17) is 9.94 Å². The summed E-state index contributed by atoms with van der Waals surface area (Å²) >= 11 is 0. The van der Waals surface area contributed by atoms with Crippen LogP contribution in [-0.4, -0.2) is 15.8 Å². The monoisotopic (exact) mass is 313 g/mol. The Morgan fingerprint density at radius 2 is 1.77 bits per heavy atom. The molecule has 2 rings (SSSR count). The maximum absolute atomic E-state index is 12.4. The van der Waals surface area contributed by atoms with Crippen molar-refractivity contribution in [2.24, 2.45) is 0 Å². The van der Waals surface area contributed by atoms with Crippen LogP contribution in [0.1, 0.15) is 21.5 Å². The first-order chi connectivity index (χ1) is 10.3. The summed E-state index contributed by atoms with van der Waals surface area (Å²) in [5, 5.41) is 8.81. The highest BCUT2D eigenvalue weighted by Crippen LogP contribution is 2.29. The number of halogens is 3. The summed E-state index contributed by atoms with van der Waals surface area (Å²) < 4.78 is 38.0. The van der Waals surface area contributed by atoms with E-state index in [-0.39, 0.29) is 12.2 Å². The van der Waals surface area contributed by atoms with Gasteiger partial charge in [-0.05, 0) is 23.8 Å². The lowest BCUT2D eigenvalue weighted by Crippen LogP contribution is -2.26. The molecule has 22 heavy (non-hydrogen) atoms. The van der Waals surface area contributed by atoms with Crippen molar-refractivity contribution in [1.82, 2.24) is 4.73 Å². The van der Waals surface area contributed by atoms with E-state index in [1.54, 1.807) is 0 Å². The van der Waals surface area contributed by atoms with E-state index in [1.807, 2.05) is 0 Å². The summed E-state index contributed by atoms with van der Waals surface area (Å²) in [5.41, 5.74) is -1.12. The fourth-order valence-corrected chi connectivity index (χ4v) is 1.63. The van der Waals surface area contributed by atoms with Crippen LogP contribution in [0.4, 0.5) is 13.2 Å². The molecule has 0 saturated heterocycles. The summed E-state index contributed by atoms with van der Waals surface area (Å²) in [5.74, 6) is -1.23.